The van der Waals surface area contributed by atoms with Crippen LogP contribution >= 0.6 is 7.82 Å². The van der Waals surface area contributed by atoms with Crippen LogP contribution in [0, 0.1) is 0 Å². The fraction of sp³-hybridized carbons (Fsp3) is 0.732. The van der Waals surface area contributed by atoms with E-state index in [-0.39, 0.29) is 19.1 Å². The minimum absolute atomic E-state index is 0.00348. The summed E-state index contributed by atoms with van der Waals surface area (Å²) in [4.78, 5) is 25.3. The lowest BCUT2D eigenvalue weighted by molar-refractivity contribution is -0.870. The second kappa shape index (κ2) is 46.8. The number of amides is 1. The zero-order chi connectivity index (χ0) is 47.8. The molecule has 0 spiro atoms. The van der Waals surface area contributed by atoms with Crippen molar-refractivity contribution in [2.75, 3.05) is 40.9 Å². The monoisotopic (exact) mass is 929 g/mol. The van der Waals surface area contributed by atoms with Crippen LogP contribution in [0.2, 0.25) is 0 Å². The number of hydrogen-bond acceptors (Lipinski definition) is 6. The number of nitrogens with one attached hydrogen (secondary N) is 1. The van der Waals surface area contributed by atoms with Crippen LogP contribution in [-0.2, 0) is 18.4 Å². The zero-order valence-electron chi connectivity index (χ0n) is 42.7. The fourth-order valence-corrected chi connectivity index (χ4v) is 7.94. The van der Waals surface area contributed by atoms with Gasteiger partial charge in [0.25, 0.3) is 7.82 Å². The predicted molar refractivity (Wildman–Crippen MR) is 279 cm³/mol. The summed E-state index contributed by atoms with van der Waals surface area (Å²) < 4.78 is 23.2. The number of phosphoric acid groups is 1. The number of nitrogens with zero attached hydrogens (tertiary/aromatic N) is 1. The molecule has 0 saturated carbocycles. The molecule has 0 aliphatic carbocycles. The quantitative estimate of drug-likeness (QED) is 0.0272. The van der Waals surface area contributed by atoms with Crippen molar-refractivity contribution in [1.82, 2.24) is 5.32 Å². The standard InChI is InChI=1S/C56H101N2O6P/c1-6-8-10-12-14-16-17-18-19-20-21-22-23-24-25-26-27-28-29-30-31-32-33-34-35-36-37-38-39-40-41-42-44-46-48-50-56(60)57-54(53-64-65(61,62)63-52-51-58(3,4)5)55(59)49-47-45-43-15-13-11-9-7-2/h8,10,14,16,18-19,21-22,24-25,27-28,47,49,54-55,59H,6-7,9,11-13,15,17,20,23,26,29-46,48,50-53H2,1-5H3,(H-,57,60,61,62)/b10-8-,16-14-,19-18-,22-21-,25-24-,28-27-,49-47+. The number of aliphatic hydroxyl groups is 1. The Morgan fingerprint density at radius 3 is 1.37 bits per heavy atom. The van der Waals surface area contributed by atoms with Crippen molar-refractivity contribution in [3.05, 3.63) is 85.1 Å². The number of rotatable bonds is 47. The predicted octanol–water partition coefficient (Wildman–Crippen LogP) is 15.1. The highest BCUT2D eigenvalue weighted by molar-refractivity contribution is 7.45. The Labute approximate surface area is 401 Å². The summed E-state index contributed by atoms with van der Waals surface area (Å²) in [6.07, 6.45) is 65.4. The van der Waals surface area contributed by atoms with E-state index < -0.39 is 20.0 Å². The van der Waals surface area contributed by atoms with Crippen molar-refractivity contribution in [3.8, 4) is 0 Å². The molecule has 0 heterocycles. The van der Waals surface area contributed by atoms with Gasteiger partial charge in [0.15, 0.2) is 0 Å². The Hall–Kier alpha value is -2.32. The number of hydrogen-bond donors (Lipinski definition) is 2. The molecule has 3 unspecified atom stereocenters. The molecular formula is C56H101N2O6P. The Balaban J connectivity index is 3.94. The molecule has 1 amide bonds. The number of likely N-dealkylation sites (N-methyl/N-ethyl adjacent to an activating group) is 1. The van der Waals surface area contributed by atoms with E-state index in [4.69, 9.17) is 9.05 Å². The van der Waals surface area contributed by atoms with E-state index in [1.807, 2.05) is 27.2 Å². The Kier molecular flexibility index (Phi) is 45.1. The third-order valence-electron chi connectivity index (χ3n) is 11.4. The second-order valence-electron chi connectivity index (χ2n) is 18.9. The highest BCUT2D eigenvalue weighted by Gasteiger charge is 2.23. The molecule has 376 valence electrons. The van der Waals surface area contributed by atoms with Crippen LogP contribution < -0.4 is 10.2 Å². The van der Waals surface area contributed by atoms with Gasteiger partial charge in [-0.1, -0.05) is 221 Å². The van der Waals surface area contributed by atoms with E-state index in [1.54, 1.807) is 6.08 Å². The maximum Gasteiger partial charge on any atom is 0.268 e. The van der Waals surface area contributed by atoms with Crippen molar-refractivity contribution < 1.29 is 32.9 Å². The zero-order valence-corrected chi connectivity index (χ0v) is 43.6. The molecule has 3 atom stereocenters. The average molecular weight is 929 g/mol. The first-order chi connectivity index (χ1) is 31.5. The molecule has 0 aromatic rings. The molecule has 0 bridgehead atoms. The Morgan fingerprint density at radius 2 is 0.938 bits per heavy atom. The van der Waals surface area contributed by atoms with Gasteiger partial charge < -0.3 is 28.8 Å². The van der Waals surface area contributed by atoms with E-state index in [0.29, 0.717) is 17.4 Å². The summed E-state index contributed by atoms with van der Waals surface area (Å²) >= 11 is 0. The van der Waals surface area contributed by atoms with Crippen LogP contribution in [0.1, 0.15) is 213 Å². The summed E-state index contributed by atoms with van der Waals surface area (Å²) in [5, 5.41) is 13.7. The first-order valence-electron chi connectivity index (χ1n) is 26.4. The van der Waals surface area contributed by atoms with Gasteiger partial charge in [0.1, 0.15) is 13.2 Å². The maximum absolute atomic E-state index is 12.9. The summed E-state index contributed by atoms with van der Waals surface area (Å²) in [5.41, 5.74) is 0. The lowest BCUT2D eigenvalue weighted by Gasteiger charge is -2.29. The number of phosphoric ester groups is 1. The third-order valence-corrected chi connectivity index (χ3v) is 12.3. The number of carbonyl (C=O) groups excluding carboxylic acids is 1. The number of quaternary nitrogens is 1. The number of unbranched alkanes of at least 4 members (excludes halogenated alkanes) is 22. The molecule has 65 heavy (non-hydrogen) atoms. The largest absolute Gasteiger partial charge is 0.756 e. The van der Waals surface area contributed by atoms with Crippen LogP contribution in [0.25, 0.3) is 0 Å². The second-order valence-corrected chi connectivity index (χ2v) is 20.3. The molecule has 0 aromatic heterocycles. The summed E-state index contributed by atoms with van der Waals surface area (Å²) in [6.45, 7) is 4.48. The summed E-state index contributed by atoms with van der Waals surface area (Å²) in [5.74, 6) is -0.203. The smallest absolute Gasteiger partial charge is 0.268 e. The molecule has 0 saturated heterocycles. The molecule has 0 aromatic carbocycles. The van der Waals surface area contributed by atoms with E-state index in [0.717, 1.165) is 77.0 Å². The van der Waals surface area contributed by atoms with Crippen molar-refractivity contribution in [2.24, 2.45) is 0 Å². The molecule has 0 aliphatic heterocycles. The van der Waals surface area contributed by atoms with Crippen LogP contribution in [0.5, 0.6) is 0 Å². The molecular weight excluding hydrogens is 828 g/mol. The summed E-state index contributed by atoms with van der Waals surface area (Å²) in [7, 11) is 1.25. The fourth-order valence-electron chi connectivity index (χ4n) is 7.21. The third kappa shape index (κ3) is 49.4. The average Bonchev–Trinajstić information content (AvgIpc) is 3.26. The van der Waals surface area contributed by atoms with Crippen LogP contribution in [0.4, 0.5) is 0 Å². The molecule has 2 N–H and O–H groups in total. The molecule has 0 rings (SSSR count). The topological polar surface area (TPSA) is 108 Å². The van der Waals surface area contributed by atoms with Gasteiger partial charge in [0.2, 0.25) is 5.91 Å². The van der Waals surface area contributed by atoms with Crippen molar-refractivity contribution >= 4 is 13.7 Å². The molecule has 0 fully saturated rings. The van der Waals surface area contributed by atoms with Gasteiger partial charge >= 0.3 is 0 Å². The van der Waals surface area contributed by atoms with Gasteiger partial charge in [-0.2, -0.15) is 0 Å². The lowest BCUT2D eigenvalue weighted by Crippen LogP contribution is -2.45. The van der Waals surface area contributed by atoms with E-state index in [9.17, 15) is 19.4 Å². The minimum atomic E-state index is -4.58. The first-order valence-corrected chi connectivity index (χ1v) is 27.9. The van der Waals surface area contributed by atoms with Gasteiger partial charge in [-0.05, 0) is 70.6 Å². The molecule has 8 nitrogen and oxygen atoms in total. The van der Waals surface area contributed by atoms with Crippen molar-refractivity contribution in [2.45, 2.75) is 225 Å². The highest BCUT2D eigenvalue weighted by atomic mass is 31.2. The van der Waals surface area contributed by atoms with Crippen LogP contribution in [-0.4, -0.2) is 68.5 Å². The molecule has 0 aliphatic rings. The number of allylic oxidation sites excluding steroid dienone is 13. The van der Waals surface area contributed by atoms with Gasteiger partial charge in [-0.3, -0.25) is 9.36 Å². The van der Waals surface area contributed by atoms with E-state index in [2.05, 4.69) is 92.1 Å². The normalized spacial score (nSPS) is 14.8. The van der Waals surface area contributed by atoms with Crippen molar-refractivity contribution in [3.63, 3.8) is 0 Å². The maximum atomic E-state index is 12.9. The van der Waals surface area contributed by atoms with Gasteiger partial charge in [0.05, 0.1) is 39.9 Å². The lowest BCUT2D eigenvalue weighted by atomic mass is 10.0. The van der Waals surface area contributed by atoms with E-state index in [1.165, 1.54) is 116 Å². The number of aliphatic hydroxyl groups excluding tert-OH is 1. The van der Waals surface area contributed by atoms with Gasteiger partial charge in [-0.15, -0.1) is 0 Å². The molecule has 0 radical (unpaired) electrons. The Bertz CT molecular complexity index is 1330. The van der Waals surface area contributed by atoms with E-state index >= 15 is 0 Å². The number of carbonyl (C=O) groups is 1. The van der Waals surface area contributed by atoms with Crippen LogP contribution in [0.3, 0.4) is 0 Å². The SMILES string of the molecule is CC/C=C\C/C=C\C/C=C\C/C=C\C/C=C\C/C=C\CCCCCCCCCCCCCCCCCCC(=O)NC(COP(=O)([O-])OCC[N+](C)(C)C)C(O)/C=C/CCCCCCCC. The Morgan fingerprint density at radius 1 is 0.554 bits per heavy atom. The van der Waals surface area contributed by atoms with Gasteiger partial charge in [-0.25, -0.2) is 0 Å². The summed E-state index contributed by atoms with van der Waals surface area (Å²) in [6, 6.07) is -0.886. The first kappa shape index (κ1) is 62.7. The minimum Gasteiger partial charge on any atom is -0.756 e. The highest BCUT2D eigenvalue weighted by Crippen LogP contribution is 2.38. The molecule has 9 heteroatoms. The van der Waals surface area contributed by atoms with Gasteiger partial charge in [0, 0.05) is 6.42 Å². The van der Waals surface area contributed by atoms with Crippen LogP contribution in [0.15, 0.2) is 85.1 Å². The van der Waals surface area contributed by atoms with Crippen molar-refractivity contribution in [1.29, 1.82) is 0 Å².